The molecule has 1 saturated heterocycles. The molecule has 0 aromatic heterocycles. The number of hydrogen-bond acceptors (Lipinski definition) is 3. The molecule has 3 heteroatoms. The van der Waals surface area contributed by atoms with Gasteiger partial charge in [0.15, 0.2) is 0 Å². The van der Waals surface area contributed by atoms with Gasteiger partial charge in [0, 0.05) is 12.6 Å². The van der Waals surface area contributed by atoms with Gasteiger partial charge in [-0.25, -0.2) is 0 Å². The summed E-state index contributed by atoms with van der Waals surface area (Å²) < 4.78 is 6.12. The zero-order valence-electron chi connectivity index (χ0n) is 11.8. The predicted octanol–water partition coefficient (Wildman–Crippen LogP) is 3.12. The van der Waals surface area contributed by atoms with E-state index in [1.165, 1.54) is 32.2 Å². The molecule has 0 aliphatic carbocycles. The third-order valence-electron chi connectivity index (χ3n) is 4.33. The Labute approximate surface area is 115 Å². The van der Waals surface area contributed by atoms with Crippen LogP contribution >= 0.6 is 0 Å². The fourth-order valence-electron chi connectivity index (χ4n) is 3.13. The van der Waals surface area contributed by atoms with Gasteiger partial charge in [0.25, 0.3) is 0 Å². The van der Waals surface area contributed by atoms with Crippen LogP contribution in [-0.2, 0) is 0 Å². The van der Waals surface area contributed by atoms with Crippen LogP contribution in [0, 0.1) is 0 Å². The van der Waals surface area contributed by atoms with E-state index in [-0.39, 0.29) is 6.10 Å². The van der Waals surface area contributed by atoms with Crippen LogP contribution in [0.25, 0.3) is 0 Å². The number of nitrogens with zero attached hydrogens (tertiary/aromatic N) is 1. The number of ether oxygens (including phenoxy) is 1. The molecule has 0 bridgehead atoms. The van der Waals surface area contributed by atoms with Crippen molar-refractivity contribution in [3.63, 3.8) is 0 Å². The molecule has 1 fully saturated rings. The van der Waals surface area contributed by atoms with Crippen molar-refractivity contribution in [2.24, 2.45) is 0 Å². The third-order valence-corrected chi connectivity index (χ3v) is 4.33. The van der Waals surface area contributed by atoms with E-state index >= 15 is 0 Å². The van der Waals surface area contributed by atoms with Gasteiger partial charge in [-0.05, 0) is 38.4 Å². The van der Waals surface area contributed by atoms with Crippen molar-refractivity contribution in [3.05, 3.63) is 24.3 Å². The molecule has 3 nitrogen and oxygen atoms in total. The van der Waals surface area contributed by atoms with Crippen LogP contribution in [0.2, 0.25) is 0 Å². The Bertz CT molecular complexity index is 421. The van der Waals surface area contributed by atoms with Crippen LogP contribution in [0.3, 0.4) is 0 Å². The minimum atomic E-state index is 0.274. The molecule has 1 aromatic carbocycles. The maximum absolute atomic E-state index is 6.12. The molecule has 0 spiro atoms. The second-order valence-corrected chi connectivity index (χ2v) is 5.81. The molecule has 1 N–H and O–H groups in total. The maximum atomic E-state index is 6.12. The Morgan fingerprint density at radius 1 is 1.26 bits per heavy atom. The lowest BCUT2D eigenvalue weighted by Gasteiger charge is -2.34. The van der Waals surface area contributed by atoms with E-state index in [2.05, 4.69) is 29.3 Å². The summed E-state index contributed by atoms with van der Waals surface area (Å²) in [6, 6.07) is 8.92. The Balaban J connectivity index is 1.62. The second-order valence-electron chi connectivity index (χ2n) is 5.81. The van der Waals surface area contributed by atoms with Crippen LogP contribution in [0.4, 0.5) is 5.69 Å². The minimum absolute atomic E-state index is 0.274. The molecule has 19 heavy (non-hydrogen) atoms. The lowest BCUT2D eigenvalue weighted by atomic mass is 10.1. The summed E-state index contributed by atoms with van der Waals surface area (Å²) in [5, 5.41) is 3.48. The van der Waals surface area contributed by atoms with Gasteiger partial charge in [-0.15, -0.1) is 0 Å². The van der Waals surface area contributed by atoms with E-state index in [4.69, 9.17) is 4.74 Å². The van der Waals surface area contributed by atoms with E-state index in [1.54, 1.807) is 0 Å². The van der Waals surface area contributed by atoms with E-state index in [9.17, 15) is 0 Å². The first-order chi connectivity index (χ1) is 9.33. The van der Waals surface area contributed by atoms with Gasteiger partial charge < -0.3 is 10.1 Å². The highest BCUT2D eigenvalue weighted by Crippen LogP contribution is 2.29. The number of likely N-dealkylation sites (tertiary alicyclic amines) is 1. The van der Waals surface area contributed by atoms with E-state index in [0.29, 0.717) is 6.04 Å². The minimum Gasteiger partial charge on any atom is -0.485 e. The summed E-state index contributed by atoms with van der Waals surface area (Å²) in [6.45, 7) is 5.54. The molecular formula is C16H24N2O. The van der Waals surface area contributed by atoms with Crippen molar-refractivity contribution >= 4 is 5.69 Å². The number of fused-ring (bicyclic) bond motifs is 1. The molecule has 0 saturated carbocycles. The molecule has 2 aliphatic rings. The summed E-state index contributed by atoms with van der Waals surface area (Å²) in [6.07, 6.45) is 5.70. The van der Waals surface area contributed by atoms with Gasteiger partial charge in [-0.2, -0.15) is 0 Å². The normalized spacial score (nSPS) is 27.8. The Morgan fingerprint density at radius 2 is 2.16 bits per heavy atom. The number of hydrogen-bond donors (Lipinski definition) is 1. The predicted molar refractivity (Wildman–Crippen MR) is 78.9 cm³/mol. The summed E-state index contributed by atoms with van der Waals surface area (Å²) in [4.78, 5) is 2.60. The smallest absolute Gasteiger partial charge is 0.142 e. The molecule has 104 valence electrons. The molecule has 2 aliphatic heterocycles. The van der Waals surface area contributed by atoms with Gasteiger partial charge in [0.2, 0.25) is 0 Å². The highest BCUT2D eigenvalue weighted by molar-refractivity contribution is 5.57. The van der Waals surface area contributed by atoms with Crippen LogP contribution in [-0.4, -0.2) is 36.7 Å². The standard InChI is InChI=1S/C16H24N2O/c1-13-7-3-2-6-10-18(13)12-14-11-17-15-8-4-5-9-16(15)19-14/h4-5,8-9,13-14,17H,2-3,6-7,10-12H2,1H3. The molecule has 2 heterocycles. The lowest BCUT2D eigenvalue weighted by molar-refractivity contribution is 0.113. The Kier molecular flexibility index (Phi) is 3.92. The molecular weight excluding hydrogens is 236 g/mol. The van der Waals surface area contributed by atoms with Crippen LogP contribution in [0.15, 0.2) is 24.3 Å². The van der Waals surface area contributed by atoms with E-state index < -0.39 is 0 Å². The summed E-state index contributed by atoms with van der Waals surface area (Å²) in [5.74, 6) is 1.00. The van der Waals surface area contributed by atoms with Gasteiger partial charge in [-0.3, -0.25) is 4.90 Å². The molecule has 1 aromatic rings. The Hall–Kier alpha value is -1.22. The topological polar surface area (TPSA) is 24.5 Å². The fraction of sp³-hybridized carbons (Fsp3) is 0.625. The van der Waals surface area contributed by atoms with Crippen molar-refractivity contribution in [2.75, 3.05) is 25.0 Å². The lowest BCUT2D eigenvalue weighted by Crippen LogP contribution is -2.45. The average Bonchev–Trinajstić information content (AvgIpc) is 2.64. The zero-order chi connectivity index (χ0) is 13.1. The number of benzene rings is 1. The first-order valence-corrected chi connectivity index (χ1v) is 7.56. The first kappa shape index (κ1) is 12.8. The Morgan fingerprint density at radius 3 is 3.11 bits per heavy atom. The van der Waals surface area contributed by atoms with Crippen LogP contribution in [0.5, 0.6) is 5.75 Å². The van der Waals surface area contributed by atoms with Crippen molar-refractivity contribution in [2.45, 2.75) is 44.8 Å². The molecule has 2 atom stereocenters. The van der Waals surface area contributed by atoms with Crippen molar-refractivity contribution in [1.29, 1.82) is 0 Å². The second kappa shape index (κ2) is 5.83. The van der Waals surface area contributed by atoms with Gasteiger partial charge in [0.1, 0.15) is 11.9 Å². The number of para-hydroxylation sites is 2. The molecule has 0 amide bonds. The number of anilines is 1. The maximum Gasteiger partial charge on any atom is 0.142 e. The molecule has 2 unspecified atom stereocenters. The highest BCUT2D eigenvalue weighted by atomic mass is 16.5. The summed E-state index contributed by atoms with van der Waals surface area (Å²) in [5.41, 5.74) is 1.13. The zero-order valence-corrected chi connectivity index (χ0v) is 11.8. The van der Waals surface area contributed by atoms with Crippen molar-refractivity contribution < 1.29 is 4.74 Å². The summed E-state index contributed by atoms with van der Waals surface area (Å²) in [7, 11) is 0. The van der Waals surface area contributed by atoms with Crippen molar-refractivity contribution in [1.82, 2.24) is 4.90 Å². The monoisotopic (exact) mass is 260 g/mol. The van der Waals surface area contributed by atoms with Crippen LogP contribution in [0.1, 0.15) is 32.6 Å². The average molecular weight is 260 g/mol. The number of rotatable bonds is 2. The quantitative estimate of drug-likeness (QED) is 0.884. The van der Waals surface area contributed by atoms with Gasteiger partial charge in [-0.1, -0.05) is 25.0 Å². The van der Waals surface area contributed by atoms with E-state index in [0.717, 1.165) is 24.5 Å². The molecule has 3 rings (SSSR count). The van der Waals surface area contributed by atoms with Gasteiger partial charge in [0.05, 0.1) is 12.2 Å². The summed E-state index contributed by atoms with van der Waals surface area (Å²) >= 11 is 0. The third kappa shape index (κ3) is 3.03. The number of nitrogens with one attached hydrogen (secondary N) is 1. The largest absolute Gasteiger partial charge is 0.485 e. The fourth-order valence-corrected chi connectivity index (χ4v) is 3.13. The van der Waals surface area contributed by atoms with Crippen molar-refractivity contribution in [3.8, 4) is 5.75 Å². The van der Waals surface area contributed by atoms with Crippen LogP contribution < -0.4 is 10.1 Å². The SMILES string of the molecule is CC1CCCCCN1CC1CNc2ccccc2O1. The molecule has 0 radical (unpaired) electrons. The first-order valence-electron chi connectivity index (χ1n) is 7.56. The highest BCUT2D eigenvalue weighted by Gasteiger charge is 2.24. The van der Waals surface area contributed by atoms with E-state index in [1.807, 2.05) is 12.1 Å². The van der Waals surface area contributed by atoms with Gasteiger partial charge >= 0.3 is 0 Å².